The standard InChI is InChI=1S/C34H67NO10/c1-3-5-7-8-9-10-11-12-13-14-15-16-17-18-19-20-22-27(38)33(43)35-25(29(39)26(37)21-6-4-2)24-44-34-32(42)31(41)30(40)28(23-36)45-34/h25-32,34,36-42H,3-24H2,1-2H3,(H,35,43). The van der Waals surface area contributed by atoms with Crippen molar-refractivity contribution in [3.63, 3.8) is 0 Å². The van der Waals surface area contributed by atoms with Crippen LogP contribution in [0, 0.1) is 0 Å². The highest BCUT2D eigenvalue weighted by Crippen LogP contribution is 2.23. The quantitative estimate of drug-likeness (QED) is 0.0585. The van der Waals surface area contributed by atoms with E-state index >= 15 is 0 Å². The van der Waals surface area contributed by atoms with Gasteiger partial charge in [-0.3, -0.25) is 4.79 Å². The SMILES string of the molecule is CCCCCCCCCCCCCCCCCCC(O)C(=O)NC(COC1OC(CO)C(O)C(O)C1O)C(O)C(O)CCCC. The summed E-state index contributed by atoms with van der Waals surface area (Å²) >= 11 is 0. The molecular weight excluding hydrogens is 582 g/mol. The topological polar surface area (TPSA) is 189 Å². The Morgan fingerprint density at radius 1 is 0.689 bits per heavy atom. The van der Waals surface area contributed by atoms with Crippen molar-refractivity contribution in [1.82, 2.24) is 5.32 Å². The minimum absolute atomic E-state index is 0.263. The molecule has 1 heterocycles. The maximum absolute atomic E-state index is 12.8. The molecule has 1 saturated heterocycles. The van der Waals surface area contributed by atoms with Gasteiger partial charge in [0.2, 0.25) is 5.91 Å². The molecule has 11 heteroatoms. The highest BCUT2D eigenvalue weighted by molar-refractivity contribution is 5.80. The molecule has 0 aromatic rings. The van der Waals surface area contributed by atoms with Gasteiger partial charge in [-0.1, -0.05) is 129 Å². The first kappa shape index (κ1) is 42.1. The Bertz CT molecular complexity index is 714. The van der Waals surface area contributed by atoms with E-state index in [-0.39, 0.29) is 12.8 Å². The van der Waals surface area contributed by atoms with Crippen LogP contribution in [-0.4, -0.2) is 110 Å². The number of unbranched alkanes of at least 4 members (excludes halogenated alkanes) is 16. The van der Waals surface area contributed by atoms with E-state index in [1.807, 2.05) is 6.92 Å². The minimum atomic E-state index is -1.65. The Hall–Kier alpha value is -0.890. The second-order valence-corrected chi connectivity index (χ2v) is 13.0. The van der Waals surface area contributed by atoms with Crippen molar-refractivity contribution in [3.8, 4) is 0 Å². The highest BCUT2D eigenvalue weighted by atomic mass is 16.7. The average molecular weight is 650 g/mol. The molecule has 9 unspecified atom stereocenters. The molecule has 1 amide bonds. The minimum Gasteiger partial charge on any atom is -0.394 e. The van der Waals surface area contributed by atoms with Gasteiger partial charge in [-0.15, -0.1) is 0 Å². The first-order valence-corrected chi connectivity index (χ1v) is 17.9. The van der Waals surface area contributed by atoms with Gasteiger partial charge in [0.25, 0.3) is 0 Å². The molecule has 1 fully saturated rings. The summed E-state index contributed by atoms with van der Waals surface area (Å²) in [6.45, 7) is 3.13. The third-order valence-corrected chi connectivity index (χ3v) is 8.91. The molecule has 1 rings (SSSR count). The first-order valence-electron chi connectivity index (χ1n) is 17.9. The van der Waals surface area contributed by atoms with Crippen molar-refractivity contribution in [3.05, 3.63) is 0 Å². The molecule has 0 spiro atoms. The average Bonchev–Trinajstić information content (AvgIpc) is 3.04. The Labute approximate surface area is 271 Å². The number of rotatable bonds is 28. The summed E-state index contributed by atoms with van der Waals surface area (Å²) in [6.07, 6.45) is 10.3. The first-order chi connectivity index (χ1) is 21.7. The van der Waals surface area contributed by atoms with Gasteiger partial charge in [0.1, 0.15) is 36.6 Å². The zero-order chi connectivity index (χ0) is 33.5. The molecule has 0 bridgehead atoms. The number of nitrogens with one attached hydrogen (secondary N) is 1. The van der Waals surface area contributed by atoms with Gasteiger partial charge < -0.3 is 50.5 Å². The van der Waals surface area contributed by atoms with Gasteiger partial charge in [0, 0.05) is 0 Å². The third-order valence-electron chi connectivity index (χ3n) is 8.91. The maximum Gasteiger partial charge on any atom is 0.249 e. The van der Waals surface area contributed by atoms with Crippen LogP contribution in [-0.2, 0) is 14.3 Å². The van der Waals surface area contributed by atoms with E-state index in [4.69, 9.17) is 9.47 Å². The van der Waals surface area contributed by atoms with Crippen molar-refractivity contribution in [2.45, 2.75) is 197 Å². The number of amides is 1. The van der Waals surface area contributed by atoms with Crippen molar-refractivity contribution in [2.75, 3.05) is 13.2 Å². The molecule has 11 nitrogen and oxygen atoms in total. The van der Waals surface area contributed by atoms with Gasteiger partial charge in [-0.2, -0.15) is 0 Å². The van der Waals surface area contributed by atoms with Crippen LogP contribution in [0.25, 0.3) is 0 Å². The molecule has 45 heavy (non-hydrogen) atoms. The van der Waals surface area contributed by atoms with E-state index in [0.717, 1.165) is 25.7 Å². The Morgan fingerprint density at radius 2 is 1.18 bits per heavy atom. The normalized spacial score (nSPS) is 24.7. The summed E-state index contributed by atoms with van der Waals surface area (Å²) < 4.78 is 10.9. The predicted octanol–water partition coefficient (Wildman–Crippen LogP) is 3.21. The lowest BCUT2D eigenvalue weighted by Gasteiger charge is -2.40. The number of aliphatic hydroxyl groups is 7. The second-order valence-electron chi connectivity index (χ2n) is 13.0. The summed E-state index contributed by atoms with van der Waals surface area (Å²) in [4.78, 5) is 12.8. The van der Waals surface area contributed by atoms with Crippen LogP contribution >= 0.6 is 0 Å². The van der Waals surface area contributed by atoms with E-state index in [1.165, 1.54) is 77.0 Å². The second kappa shape index (κ2) is 26.1. The van der Waals surface area contributed by atoms with Crippen molar-refractivity contribution in [1.29, 1.82) is 0 Å². The van der Waals surface area contributed by atoms with Crippen LogP contribution in [0.1, 0.15) is 142 Å². The van der Waals surface area contributed by atoms with E-state index in [9.17, 15) is 40.5 Å². The van der Waals surface area contributed by atoms with Crippen molar-refractivity contribution in [2.24, 2.45) is 0 Å². The largest absolute Gasteiger partial charge is 0.394 e. The summed E-state index contributed by atoms with van der Waals surface area (Å²) in [5.41, 5.74) is 0. The van der Waals surface area contributed by atoms with Gasteiger partial charge in [-0.05, 0) is 12.8 Å². The predicted molar refractivity (Wildman–Crippen MR) is 173 cm³/mol. The van der Waals surface area contributed by atoms with Gasteiger partial charge in [0.15, 0.2) is 6.29 Å². The van der Waals surface area contributed by atoms with E-state index < -0.39 is 74.2 Å². The third kappa shape index (κ3) is 17.7. The van der Waals surface area contributed by atoms with Crippen molar-refractivity contribution >= 4 is 5.91 Å². The van der Waals surface area contributed by atoms with Crippen LogP contribution in [0.4, 0.5) is 0 Å². The number of ether oxygens (including phenoxy) is 2. The van der Waals surface area contributed by atoms with Crippen LogP contribution in [0.15, 0.2) is 0 Å². The molecule has 9 atom stereocenters. The van der Waals surface area contributed by atoms with Crippen LogP contribution in [0.3, 0.4) is 0 Å². The number of hydrogen-bond donors (Lipinski definition) is 8. The fourth-order valence-corrected chi connectivity index (χ4v) is 5.78. The number of carbonyl (C=O) groups excluding carboxylic acids is 1. The lowest BCUT2D eigenvalue weighted by Crippen LogP contribution is -2.60. The molecule has 0 aromatic carbocycles. The van der Waals surface area contributed by atoms with Crippen LogP contribution < -0.4 is 5.32 Å². The summed E-state index contributed by atoms with van der Waals surface area (Å²) in [5.74, 6) is -0.708. The van der Waals surface area contributed by atoms with Crippen LogP contribution in [0.5, 0.6) is 0 Å². The van der Waals surface area contributed by atoms with Gasteiger partial charge >= 0.3 is 0 Å². The molecule has 0 radical (unpaired) electrons. The van der Waals surface area contributed by atoms with Crippen LogP contribution in [0.2, 0.25) is 0 Å². The molecule has 268 valence electrons. The van der Waals surface area contributed by atoms with E-state index in [1.54, 1.807) is 0 Å². The number of aliphatic hydroxyl groups excluding tert-OH is 7. The molecular formula is C34H67NO10. The van der Waals surface area contributed by atoms with Crippen molar-refractivity contribution < 1.29 is 50.0 Å². The summed E-state index contributed by atoms with van der Waals surface area (Å²) in [6, 6.07) is -1.16. The zero-order valence-electron chi connectivity index (χ0n) is 28.1. The molecule has 0 aliphatic carbocycles. The van der Waals surface area contributed by atoms with E-state index in [0.29, 0.717) is 12.8 Å². The Morgan fingerprint density at radius 3 is 1.67 bits per heavy atom. The molecule has 1 aliphatic heterocycles. The summed E-state index contributed by atoms with van der Waals surface area (Å²) in [7, 11) is 0. The maximum atomic E-state index is 12.8. The summed E-state index contributed by atoms with van der Waals surface area (Å²) in [5, 5.41) is 74.0. The van der Waals surface area contributed by atoms with E-state index in [2.05, 4.69) is 12.2 Å². The van der Waals surface area contributed by atoms with Gasteiger partial charge in [-0.25, -0.2) is 0 Å². The Balaban J connectivity index is 2.37. The molecule has 0 aromatic heterocycles. The number of carbonyl (C=O) groups is 1. The lowest BCUT2D eigenvalue weighted by molar-refractivity contribution is -0.303. The molecule has 1 aliphatic rings. The fraction of sp³-hybridized carbons (Fsp3) is 0.971. The fourth-order valence-electron chi connectivity index (χ4n) is 5.78. The number of hydrogen-bond acceptors (Lipinski definition) is 10. The zero-order valence-corrected chi connectivity index (χ0v) is 28.1. The molecule has 8 N–H and O–H groups in total. The van der Waals surface area contributed by atoms with Gasteiger partial charge in [0.05, 0.1) is 25.4 Å². The smallest absolute Gasteiger partial charge is 0.249 e. The lowest BCUT2D eigenvalue weighted by atomic mass is 9.99. The monoisotopic (exact) mass is 649 g/mol. The highest BCUT2D eigenvalue weighted by Gasteiger charge is 2.44. The Kier molecular flexibility index (Phi) is 24.4. The molecule has 0 saturated carbocycles.